The molecule has 8 atom stereocenters. The van der Waals surface area contributed by atoms with Gasteiger partial charge in [-0.25, -0.2) is 4.98 Å². The van der Waals surface area contributed by atoms with Crippen LogP contribution in [0.4, 0.5) is 0 Å². The Morgan fingerprint density at radius 3 is 2.70 bits per heavy atom. The Bertz CT molecular complexity index is 952. The smallest absolute Gasteiger partial charge is 0.306 e. The highest BCUT2D eigenvalue weighted by Crippen LogP contribution is 2.67. The summed E-state index contributed by atoms with van der Waals surface area (Å²) in [5.74, 6) is 5.12. The Kier molecular flexibility index (Phi) is 7.95. The van der Waals surface area contributed by atoms with Crippen molar-refractivity contribution < 1.29 is 9.53 Å². The number of imidazole rings is 1. The summed E-state index contributed by atoms with van der Waals surface area (Å²) in [6, 6.07) is 0. The van der Waals surface area contributed by atoms with Gasteiger partial charge in [0.25, 0.3) is 0 Å². The third-order valence-corrected chi connectivity index (χ3v) is 11.7. The van der Waals surface area contributed by atoms with E-state index in [1.165, 1.54) is 57.8 Å². The van der Waals surface area contributed by atoms with Crippen molar-refractivity contribution in [2.24, 2.45) is 46.3 Å². The van der Waals surface area contributed by atoms with Crippen LogP contribution in [0.3, 0.4) is 0 Å². The van der Waals surface area contributed by atoms with Crippen molar-refractivity contribution in [1.82, 2.24) is 9.97 Å². The molecule has 3 fully saturated rings. The maximum atomic E-state index is 12.5. The van der Waals surface area contributed by atoms with Gasteiger partial charge in [0.2, 0.25) is 0 Å². The highest BCUT2D eigenvalue weighted by Gasteiger charge is 2.59. The van der Waals surface area contributed by atoms with Crippen LogP contribution in [0.2, 0.25) is 0 Å². The predicted octanol–water partition coefficient (Wildman–Crippen LogP) is 8.30. The van der Waals surface area contributed by atoms with E-state index in [1.54, 1.807) is 11.9 Å². The molecule has 4 aliphatic carbocycles. The highest BCUT2D eigenvalue weighted by atomic mass is 16.5. The number of esters is 1. The number of nitrogens with zero attached hydrogens (tertiary/aromatic N) is 1. The fourth-order valence-corrected chi connectivity index (χ4v) is 9.66. The largest absolute Gasteiger partial charge is 0.462 e. The monoisotopic (exact) mass is 508 g/mol. The molecular weight excluding hydrogens is 456 g/mol. The van der Waals surface area contributed by atoms with Crippen LogP contribution >= 0.6 is 0 Å². The van der Waals surface area contributed by atoms with E-state index < -0.39 is 0 Å². The van der Waals surface area contributed by atoms with Crippen LogP contribution in [0.25, 0.3) is 0 Å². The molecule has 0 aliphatic heterocycles. The van der Waals surface area contributed by atoms with Gasteiger partial charge < -0.3 is 9.72 Å². The Hall–Kier alpha value is -1.58. The Morgan fingerprint density at radius 1 is 1.11 bits per heavy atom. The van der Waals surface area contributed by atoms with E-state index in [1.807, 2.05) is 6.20 Å². The minimum Gasteiger partial charge on any atom is -0.462 e. The van der Waals surface area contributed by atoms with Crippen LogP contribution < -0.4 is 0 Å². The molecule has 4 nitrogen and oxygen atoms in total. The van der Waals surface area contributed by atoms with Crippen molar-refractivity contribution in [2.45, 2.75) is 124 Å². The van der Waals surface area contributed by atoms with Gasteiger partial charge in [0.1, 0.15) is 6.10 Å². The number of nitrogens with one attached hydrogen (secondary N) is 1. The van der Waals surface area contributed by atoms with Crippen LogP contribution in [0.5, 0.6) is 0 Å². The van der Waals surface area contributed by atoms with E-state index in [4.69, 9.17) is 4.74 Å². The van der Waals surface area contributed by atoms with E-state index in [-0.39, 0.29) is 12.1 Å². The molecular formula is C33H52N2O2. The standard InChI is InChI=1S/C33H52N2O2/c1-22(2)7-6-8-23(3)28-12-13-29-27-11-9-24-19-26(37-31(36)14-10-25-20-34-21-35-25)15-17-32(24,4)30(27)16-18-33(28,29)5/h9,20-23,26-30H,6-8,10-19H2,1-5H3,(H,34,35)/t23?,26-,27?,28+,29?,30?,32-,33+/m0/s1. The van der Waals surface area contributed by atoms with Gasteiger partial charge in [0.15, 0.2) is 0 Å². The van der Waals surface area contributed by atoms with Crippen LogP contribution in [-0.2, 0) is 16.0 Å². The average Bonchev–Trinajstić information content (AvgIpc) is 3.50. The summed E-state index contributed by atoms with van der Waals surface area (Å²) < 4.78 is 5.97. The molecule has 1 aromatic rings. The SMILES string of the molecule is CC(C)CCCC(C)[C@H]1CCC2C3CC=C4C[C@@H](OC(=O)CCc5c[nH]cn5)CC[C@]4(C)C3CC[C@@]21C. The lowest BCUT2D eigenvalue weighted by molar-refractivity contribution is -0.151. The molecule has 1 N–H and O–H groups in total. The summed E-state index contributed by atoms with van der Waals surface area (Å²) in [4.78, 5) is 19.7. The summed E-state index contributed by atoms with van der Waals surface area (Å²) in [5.41, 5.74) is 3.38. The second-order valence-electron chi connectivity index (χ2n) is 14.2. The molecule has 0 radical (unpaired) electrons. The van der Waals surface area contributed by atoms with Crippen LogP contribution in [0, 0.1) is 46.3 Å². The van der Waals surface area contributed by atoms with Crippen molar-refractivity contribution >= 4 is 5.97 Å². The second-order valence-corrected chi connectivity index (χ2v) is 14.2. The molecule has 3 saturated carbocycles. The minimum atomic E-state index is -0.0705. The quantitative estimate of drug-likeness (QED) is 0.270. The first kappa shape index (κ1) is 27.0. The summed E-state index contributed by atoms with van der Waals surface area (Å²) in [5, 5.41) is 0. The zero-order valence-electron chi connectivity index (χ0n) is 24.2. The van der Waals surface area contributed by atoms with Gasteiger partial charge in [-0.15, -0.1) is 0 Å². The van der Waals surface area contributed by atoms with Gasteiger partial charge in [-0.1, -0.05) is 65.5 Å². The first-order chi connectivity index (χ1) is 17.7. The average molecular weight is 509 g/mol. The molecule has 206 valence electrons. The normalized spacial score (nSPS) is 37.9. The van der Waals surface area contributed by atoms with Crippen molar-refractivity contribution in [2.75, 3.05) is 0 Å². The van der Waals surface area contributed by atoms with Gasteiger partial charge in [-0.05, 0) is 91.3 Å². The second kappa shape index (κ2) is 10.9. The number of aryl methyl sites for hydroxylation is 1. The highest BCUT2D eigenvalue weighted by molar-refractivity contribution is 5.69. The summed E-state index contributed by atoms with van der Waals surface area (Å²) in [6.45, 7) is 12.6. The van der Waals surface area contributed by atoms with E-state index in [0.717, 1.165) is 54.0 Å². The Balaban J connectivity index is 1.20. The zero-order chi connectivity index (χ0) is 26.2. The molecule has 37 heavy (non-hydrogen) atoms. The van der Waals surface area contributed by atoms with Gasteiger partial charge in [0.05, 0.1) is 18.4 Å². The van der Waals surface area contributed by atoms with E-state index >= 15 is 0 Å². The zero-order valence-corrected chi connectivity index (χ0v) is 24.2. The van der Waals surface area contributed by atoms with Crippen molar-refractivity contribution in [3.8, 4) is 0 Å². The number of hydrogen-bond acceptors (Lipinski definition) is 3. The maximum absolute atomic E-state index is 12.5. The lowest BCUT2D eigenvalue weighted by Crippen LogP contribution is -2.51. The maximum Gasteiger partial charge on any atom is 0.306 e. The van der Waals surface area contributed by atoms with E-state index in [9.17, 15) is 4.79 Å². The van der Waals surface area contributed by atoms with Crippen molar-refractivity contribution in [3.05, 3.63) is 29.9 Å². The molecule has 0 bridgehead atoms. The number of hydrogen-bond donors (Lipinski definition) is 1. The number of allylic oxidation sites excluding steroid dienone is 1. The first-order valence-corrected chi connectivity index (χ1v) is 15.6. The number of aromatic nitrogens is 2. The topological polar surface area (TPSA) is 55.0 Å². The number of H-pyrrole nitrogens is 1. The van der Waals surface area contributed by atoms with Crippen molar-refractivity contribution in [3.63, 3.8) is 0 Å². The van der Waals surface area contributed by atoms with Crippen LogP contribution in [0.15, 0.2) is 24.2 Å². The van der Waals surface area contributed by atoms with Gasteiger partial charge >= 0.3 is 5.97 Å². The lowest BCUT2D eigenvalue weighted by atomic mass is 9.47. The third-order valence-electron chi connectivity index (χ3n) is 11.7. The molecule has 0 spiro atoms. The van der Waals surface area contributed by atoms with E-state index in [2.05, 4.69) is 50.7 Å². The number of carbonyl (C=O) groups is 1. The molecule has 5 rings (SSSR count). The molecule has 4 unspecified atom stereocenters. The number of aromatic amines is 1. The predicted molar refractivity (Wildman–Crippen MR) is 150 cm³/mol. The molecule has 0 amide bonds. The Labute approximate surface area is 225 Å². The van der Waals surface area contributed by atoms with Crippen molar-refractivity contribution in [1.29, 1.82) is 0 Å². The van der Waals surface area contributed by atoms with Gasteiger partial charge in [-0.2, -0.15) is 0 Å². The summed E-state index contributed by atoms with van der Waals surface area (Å²) in [6.07, 6.45) is 21.6. The first-order valence-electron chi connectivity index (χ1n) is 15.6. The third kappa shape index (κ3) is 5.33. The lowest BCUT2D eigenvalue weighted by Gasteiger charge is -2.58. The van der Waals surface area contributed by atoms with E-state index in [0.29, 0.717) is 23.7 Å². The molecule has 4 heteroatoms. The molecule has 0 aromatic carbocycles. The molecule has 4 aliphatic rings. The molecule has 1 heterocycles. The summed E-state index contributed by atoms with van der Waals surface area (Å²) >= 11 is 0. The fraction of sp³-hybridized carbons (Fsp3) is 0.818. The van der Waals surface area contributed by atoms with Crippen LogP contribution in [-0.4, -0.2) is 22.0 Å². The minimum absolute atomic E-state index is 0.0546. The number of carbonyl (C=O) groups excluding carboxylic acids is 1. The molecule has 1 aromatic heterocycles. The fourth-order valence-electron chi connectivity index (χ4n) is 9.66. The van der Waals surface area contributed by atoms with Crippen LogP contribution in [0.1, 0.15) is 117 Å². The van der Waals surface area contributed by atoms with Gasteiger partial charge in [0, 0.05) is 19.0 Å². The summed E-state index contributed by atoms with van der Waals surface area (Å²) in [7, 11) is 0. The number of rotatable bonds is 9. The number of fused-ring (bicyclic) bond motifs is 5. The van der Waals surface area contributed by atoms with Gasteiger partial charge in [-0.3, -0.25) is 4.79 Å². The Morgan fingerprint density at radius 2 is 1.95 bits per heavy atom. The molecule has 0 saturated heterocycles. The number of ether oxygens (including phenoxy) is 1.